The van der Waals surface area contributed by atoms with Crippen molar-refractivity contribution < 1.29 is 9.53 Å². The fraction of sp³-hybridized carbons (Fsp3) is 0.222. The van der Waals surface area contributed by atoms with Crippen molar-refractivity contribution in [2.24, 2.45) is 5.10 Å². The van der Waals surface area contributed by atoms with Crippen LogP contribution in [-0.4, -0.2) is 24.9 Å². The van der Waals surface area contributed by atoms with Crippen molar-refractivity contribution in [2.75, 3.05) is 18.3 Å². The standard InChI is InChI=1S/C18H20N2O2S/c1-13-8-14(2)10-18(9-13)23-12-16(21)11-19-20-15-4-6-17(22-3)7-5-15/h4-11,20H,12H2,1-3H3. The molecule has 2 aromatic rings. The molecule has 2 rings (SSSR count). The molecule has 0 saturated carbocycles. The fourth-order valence-corrected chi connectivity index (χ4v) is 2.97. The molecule has 0 bridgehead atoms. The van der Waals surface area contributed by atoms with Gasteiger partial charge in [-0.05, 0) is 61.4 Å². The highest BCUT2D eigenvalue weighted by Gasteiger charge is 2.02. The van der Waals surface area contributed by atoms with Crippen molar-refractivity contribution in [2.45, 2.75) is 18.7 Å². The van der Waals surface area contributed by atoms with Crippen LogP contribution in [0.5, 0.6) is 5.75 Å². The fourth-order valence-electron chi connectivity index (χ4n) is 2.05. The lowest BCUT2D eigenvalue weighted by Crippen LogP contribution is -2.04. The van der Waals surface area contributed by atoms with Crippen LogP contribution in [0.2, 0.25) is 0 Å². The number of hydrogen-bond acceptors (Lipinski definition) is 5. The lowest BCUT2D eigenvalue weighted by molar-refractivity contribution is -0.110. The van der Waals surface area contributed by atoms with E-state index < -0.39 is 0 Å². The maximum Gasteiger partial charge on any atom is 0.185 e. The number of hydrazone groups is 1. The zero-order valence-corrected chi connectivity index (χ0v) is 14.3. The third-order valence-electron chi connectivity index (χ3n) is 3.07. The molecule has 0 saturated heterocycles. The van der Waals surface area contributed by atoms with E-state index in [4.69, 9.17) is 4.74 Å². The van der Waals surface area contributed by atoms with E-state index in [1.54, 1.807) is 7.11 Å². The van der Waals surface area contributed by atoms with Gasteiger partial charge in [-0.1, -0.05) is 6.07 Å². The first-order valence-corrected chi connectivity index (χ1v) is 8.22. The molecule has 0 aliphatic heterocycles. The number of methoxy groups -OCH3 is 1. The smallest absolute Gasteiger partial charge is 0.185 e. The monoisotopic (exact) mass is 328 g/mol. The summed E-state index contributed by atoms with van der Waals surface area (Å²) in [7, 11) is 1.62. The zero-order chi connectivity index (χ0) is 16.7. The van der Waals surface area contributed by atoms with Gasteiger partial charge in [0.25, 0.3) is 0 Å². The normalized spacial score (nSPS) is 10.7. The first kappa shape index (κ1) is 17.1. The number of ether oxygens (including phenoxy) is 1. The molecule has 5 heteroatoms. The number of hydrogen-bond donors (Lipinski definition) is 1. The van der Waals surface area contributed by atoms with Crippen LogP contribution >= 0.6 is 11.8 Å². The Kier molecular flexibility index (Phi) is 6.23. The highest BCUT2D eigenvalue weighted by Crippen LogP contribution is 2.21. The second-order valence-electron chi connectivity index (χ2n) is 5.18. The second kappa shape index (κ2) is 8.39. The van der Waals surface area contributed by atoms with Crippen molar-refractivity contribution in [3.8, 4) is 5.75 Å². The predicted octanol–water partition coefficient (Wildman–Crippen LogP) is 4.07. The Morgan fingerprint density at radius 1 is 1.17 bits per heavy atom. The average molecular weight is 328 g/mol. The molecule has 0 radical (unpaired) electrons. The summed E-state index contributed by atoms with van der Waals surface area (Å²) in [6, 6.07) is 13.6. The molecular weight excluding hydrogens is 308 g/mol. The van der Waals surface area contributed by atoms with E-state index in [0.29, 0.717) is 5.75 Å². The number of nitrogens with zero attached hydrogens (tertiary/aromatic N) is 1. The van der Waals surface area contributed by atoms with Crippen LogP contribution in [0.25, 0.3) is 0 Å². The van der Waals surface area contributed by atoms with Crippen molar-refractivity contribution in [3.05, 3.63) is 53.6 Å². The molecule has 0 spiro atoms. The van der Waals surface area contributed by atoms with Crippen LogP contribution in [0.15, 0.2) is 52.5 Å². The Hall–Kier alpha value is -2.27. The van der Waals surface area contributed by atoms with E-state index in [0.717, 1.165) is 16.3 Å². The van der Waals surface area contributed by atoms with Crippen molar-refractivity contribution in [1.29, 1.82) is 0 Å². The van der Waals surface area contributed by atoms with Gasteiger partial charge in [0.1, 0.15) is 5.75 Å². The third-order valence-corrected chi connectivity index (χ3v) is 4.07. The predicted molar refractivity (Wildman–Crippen MR) is 96.8 cm³/mol. The van der Waals surface area contributed by atoms with Crippen LogP contribution in [0.3, 0.4) is 0 Å². The van der Waals surface area contributed by atoms with E-state index in [1.807, 2.05) is 24.3 Å². The summed E-state index contributed by atoms with van der Waals surface area (Å²) in [6.45, 7) is 4.11. The Labute approximate surface area is 140 Å². The van der Waals surface area contributed by atoms with Gasteiger partial charge in [-0.3, -0.25) is 10.2 Å². The summed E-state index contributed by atoms with van der Waals surface area (Å²) in [5.41, 5.74) is 6.04. The maximum atomic E-state index is 11.8. The Morgan fingerprint density at radius 2 is 1.83 bits per heavy atom. The number of carbonyl (C=O) groups is 1. The number of rotatable bonds is 7. The minimum atomic E-state index is -0.0322. The van der Waals surface area contributed by atoms with Gasteiger partial charge < -0.3 is 4.74 Å². The number of anilines is 1. The molecule has 0 aromatic heterocycles. The summed E-state index contributed by atoms with van der Waals surface area (Å²) in [4.78, 5) is 13.0. The van der Waals surface area contributed by atoms with Gasteiger partial charge in [0.15, 0.2) is 5.78 Å². The molecule has 0 aliphatic rings. The topological polar surface area (TPSA) is 50.7 Å². The lowest BCUT2D eigenvalue weighted by Gasteiger charge is -2.03. The summed E-state index contributed by atoms with van der Waals surface area (Å²) < 4.78 is 5.08. The van der Waals surface area contributed by atoms with Gasteiger partial charge in [-0.25, -0.2) is 0 Å². The van der Waals surface area contributed by atoms with Gasteiger partial charge >= 0.3 is 0 Å². The van der Waals surface area contributed by atoms with E-state index in [1.165, 1.54) is 29.1 Å². The molecule has 0 fully saturated rings. The number of thioether (sulfide) groups is 1. The summed E-state index contributed by atoms with van der Waals surface area (Å²) >= 11 is 1.52. The summed E-state index contributed by atoms with van der Waals surface area (Å²) in [6.07, 6.45) is 1.32. The Balaban J connectivity index is 1.81. The molecular formula is C18H20N2O2S. The first-order chi connectivity index (χ1) is 11.1. The van der Waals surface area contributed by atoms with Crippen molar-refractivity contribution in [3.63, 3.8) is 0 Å². The Bertz CT molecular complexity index is 676. The van der Waals surface area contributed by atoms with Crippen LogP contribution in [-0.2, 0) is 4.79 Å². The van der Waals surface area contributed by atoms with Crippen molar-refractivity contribution >= 4 is 29.4 Å². The minimum Gasteiger partial charge on any atom is -0.497 e. The number of carbonyl (C=O) groups excluding carboxylic acids is 1. The third kappa shape index (κ3) is 5.79. The van der Waals surface area contributed by atoms with Crippen LogP contribution in [0.1, 0.15) is 11.1 Å². The quantitative estimate of drug-likeness (QED) is 0.473. The molecule has 4 nitrogen and oxygen atoms in total. The number of nitrogens with one attached hydrogen (secondary N) is 1. The largest absolute Gasteiger partial charge is 0.497 e. The number of aryl methyl sites for hydroxylation is 2. The average Bonchev–Trinajstić information content (AvgIpc) is 2.53. The molecule has 0 atom stereocenters. The van der Waals surface area contributed by atoms with Crippen LogP contribution < -0.4 is 10.2 Å². The molecule has 1 N–H and O–H groups in total. The minimum absolute atomic E-state index is 0.0322. The molecule has 0 heterocycles. The molecule has 0 unspecified atom stereocenters. The number of benzene rings is 2. The van der Waals surface area contributed by atoms with E-state index >= 15 is 0 Å². The van der Waals surface area contributed by atoms with Gasteiger partial charge in [-0.2, -0.15) is 5.10 Å². The van der Waals surface area contributed by atoms with Crippen LogP contribution in [0, 0.1) is 13.8 Å². The number of Topliss-reactive ketones (excluding diaryl/α,β-unsaturated/α-hetero) is 1. The van der Waals surface area contributed by atoms with E-state index in [9.17, 15) is 4.79 Å². The summed E-state index contributed by atoms with van der Waals surface area (Å²) in [5.74, 6) is 1.12. The van der Waals surface area contributed by atoms with E-state index in [-0.39, 0.29) is 5.78 Å². The number of ketones is 1. The van der Waals surface area contributed by atoms with E-state index in [2.05, 4.69) is 42.6 Å². The zero-order valence-electron chi connectivity index (χ0n) is 13.5. The second-order valence-corrected chi connectivity index (χ2v) is 6.23. The molecule has 2 aromatic carbocycles. The van der Waals surface area contributed by atoms with Gasteiger partial charge in [0, 0.05) is 4.90 Å². The molecule has 0 aliphatic carbocycles. The van der Waals surface area contributed by atoms with Gasteiger partial charge in [-0.15, -0.1) is 11.8 Å². The van der Waals surface area contributed by atoms with Crippen LogP contribution in [0.4, 0.5) is 5.69 Å². The SMILES string of the molecule is COc1ccc(NN=CC(=O)CSc2cc(C)cc(C)c2)cc1. The first-order valence-electron chi connectivity index (χ1n) is 7.24. The summed E-state index contributed by atoms with van der Waals surface area (Å²) in [5, 5.41) is 3.97. The highest BCUT2D eigenvalue weighted by atomic mass is 32.2. The van der Waals surface area contributed by atoms with Crippen molar-refractivity contribution in [1.82, 2.24) is 0 Å². The Morgan fingerprint density at radius 3 is 2.43 bits per heavy atom. The maximum absolute atomic E-state index is 11.8. The highest BCUT2D eigenvalue weighted by molar-refractivity contribution is 8.00. The van der Waals surface area contributed by atoms with Gasteiger partial charge in [0.2, 0.25) is 0 Å². The molecule has 0 amide bonds. The molecule has 23 heavy (non-hydrogen) atoms. The molecule has 120 valence electrons. The van der Waals surface area contributed by atoms with Gasteiger partial charge in [0.05, 0.1) is 24.8 Å². The lowest BCUT2D eigenvalue weighted by atomic mass is 10.2.